The monoisotopic (exact) mass is 497 g/mol. The van der Waals surface area contributed by atoms with Gasteiger partial charge in [0.25, 0.3) is 5.91 Å². The van der Waals surface area contributed by atoms with Gasteiger partial charge in [-0.3, -0.25) is 14.8 Å². The number of rotatable bonds is 12. The van der Waals surface area contributed by atoms with E-state index in [9.17, 15) is 24.4 Å². The molecule has 9 nitrogen and oxygen atoms in total. The number of carbonyl (C=O) groups excluding carboxylic acids is 4. The second kappa shape index (κ2) is 14.6. The molecular weight excluding hydrogens is 462 g/mol. The van der Waals surface area contributed by atoms with Gasteiger partial charge in [0, 0.05) is 19.3 Å². The molecule has 0 spiro atoms. The number of carbonyl (C=O) groups is 4. The Bertz CT molecular complexity index is 997. The van der Waals surface area contributed by atoms with E-state index in [-0.39, 0.29) is 24.3 Å². The molecule has 36 heavy (non-hydrogen) atoms. The van der Waals surface area contributed by atoms with E-state index in [0.717, 1.165) is 17.5 Å². The maximum absolute atomic E-state index is 13.2. The minimum atomic E-state index is -1.17. The predicted molar refractivity (Wildman–Crippen MR) is 134 cm³/mol. The molecule has 0 saturated heterocycles. The SMILES string of the molecule is COC(=O)[C@H](Cc1ccccc1)NC(=O)[C@H](Cc1ccccc1)NC(=O)N(O)C(=O)CCCC(C)C. The summed E-state index contributed by atoms with van der Waals surface area (Å²) in [6, 6.07) is 14.8. The van der Waals surface area contributed by atoms with Crippen molar-refractivity contribution in [1.82, 2.24) is 15.7 Å². The third-order valence-corrected chi connectivity index (χ3v) is 5.58. The fourth-order valence-electron chi connectivity index (χ4n) is 3.61. The Morgan fingerprint density at radius 1 is 0.861 bits per heavy atom. The van der Waals surface area contributed by atoms with Crippen LogP contribution in [0.3, 0.4) is 0 Å². The van der Waals surface area contributed by atoms with Gasteiger partial charge in [-0.05, 0) is 23.5 Å². The van der Waals surface area contributed by atoms with Crippen LogP contribution in [0.15, 0.2) is 60.7 Å². The van der Waals surface area contributed by atoms with Crippen molar-refractivity contribution in [2.24, 2.45) is 5.92 Å². The molecule has 2 rings (SSSR count). The molecular formula is C27H35N3O6. The van der Waals surface area contributed by atoms with Crippen molar-refractivity contribution in [3.63, 3.8) is 0 Å². The van der Waals surface area contributed by atoms with Crippen LogP contribution >= 0.6 is 0 Å². The first-order chi connectivity index (χ1) is 17.2. The fourth-order valence-corrected chi connectivity index (χ4v) is 3.61. The summed E-state index contributed by atoms with van der Waals surface area (Å²) >= 11 is 0. The van der Waals surface area contributed by atoms with Crippen LogP contribution in [0.1, 0.15) is 44.2 Å². The van der Waals surface area contributed by atoms with Gasteiger partial charge in [-0.25, -0.2) is 9.59 Å². The van der Waals surface area contributed by atoms with E-state index in [1.165, 1.54) is 7.11 Å². The number of amides is 4. The van der Waals surface area contributed by atoms with Crippen LogP contribution in [-0.2, 0) is 32.0 Å². The lowest BCUT2D eigenvalue weighted by molar-refractivity contribution is -0.153. The highest BCUT2D eigenvalue weighted by molar-refractivity contribution is 5.96. The largest absolute Gasteiger partial charge is 0.467 e. The number of methoxy groups -OCH3 is 1. The van der Waals surface area contributed by atoms with Crippen molar-refractivity contribution in [2.45, 2.75) is 58.0 Å². The Labute approximate surface area is 211 Å². The molecule has 0 aromatic heterocycles. The molecule has 0 aliphatic rings. The van der Waals surface area contributed by atoms with E-state index in [0.29, 0.717) is 12.3 Å². The van der Waals surface area contributed by atoms with E-state index in [1.807, 2.05) is 50.2 Å². The Hall–Kier alpha value is -3.72. The van der Waals surface area contributed by atoms with E-state index in [4.69, 9.17) is 4.74 Å². The Kier molecular flexibility index (Phi) is 11.6. The normalized spacial score (nSPS) is 12.4. The molecule has 0 heterocycles. The molecule has 2 atom stereocenters. The minimum Gasteiger partial charge on any atom is -0.467 e. The number of ether oxygens (including phenoxy) is 1. The molecule has 2 aromatic carbocycles. The first-order valence-electron chi connectivity index (χ1n) is 12.0. The van der Waals surface area contributed by atoms with Crippen LogP contribution in [0.4, 0.5) is 4.79 Å². The maximum atomic E-state index is 13.2. The van der Waals surface area contributed by atoms with E-state index in [2.05, 4.69) is 10.6 Å². The van der Waals surface area contributed by atoms with Crippen LogP contribution in [-0.4, -0.2) is 53.3 Å². The summed E-state index contributed by atoms with van der Waals surface area (Å²) < 4.78 is 4.85. The highest BCUT2D eigenvalue weighted by Gasteiger charge is 2.30. The molecule has 4 amide bonds. The smallest absolute Gasteiger partial charge is 0.349 e. The van der Waals surface area contributed by atoms with Crippen molar-refractivity contribution in [2.75, 3.05) is 7.11 Å². The standard InChI is InChI=1S/C27H35N3O6/c1-19(2)11-10-16-24(31)30(35)27(34)29-22(17-20-12-6-4-7-13-20)25(32)28-23(26(33)36-3)18-21-14-8-5-9-15-21/h4-9,12-15,19,22-23,35H,10-11,16-18H2,1-3H3,(H,28,32)(H,29,34)/t22-,23-/m0/s1. The average Bonchev–Trinajstić information content (AvgIpc) is 2.87. The van der Waals surface area contributed by atoms with Crippen LogP contribution in [0.5, 0.6) is 0 Å². The highest BCUT2D eigenvalue weighted by Crippen LogP contribution is 2.10. The predicted octanol–water partition coefficient (Wildman–Crippen LogP) is 3.25. The van der Waals surface area contributed by atoms with Gasteiger partial charge in [0.15, 0.2) is 0 Å². The van der Waals surface area contributed by atoms with Gasteiger partial charge in [0.1, 0.15) is 12.1 Å². The second-order valence-corrected chi connectivity index (χ2v) is 8.96. The molecule has 0 saturated carbocycles. The van der Waals surface area contributed by atoms with Crippen LogP contribution in [0, 0.1) is 5.92 Å². The summed E-state index contributed by atoms with van der Waals surface area (Å²) in [6.45, 7) is 4.03. The second-order valence-electron chi connectivity index (χ2n) is 8.96. The van der Waals surface area contributed by atoms with Crippen molar-refractivity contribution in [1.29, 1.82) is 0 Å². The molecule has 0 fully saturated rings. The lowest BCUT2D eigenvalue weighted by Gasteiger charge is -2.24. The fraction of sp³-hybridized carbons (Fsp3) is 0.407. The number of hydrogen-bond donors (Lipinski definition) is 3. The lowest BCUT2D eigenvalue weighted by Crippen LogP contribution is -2.55. The molecule has 0 aliphatic heterocycles. The van der Waals surface area contributed by atoms with Crippen molar-refractivity contribution in [3.05, 3.63) is 71.8 Å². The van der Waals surface area contributed by atoms with Gasteiger partial charge < -0.3 is 15.4 Å². The maximum Gasteiger partial charge on any atom is 0.349 e. The summed E-state index contributed by atoms with van der Waals surface area (Å²) in [4.78, 5) is 50.5. The molecule has 0 radical (unpaired) electrons. The molecule has 9 heteroatoms. The van der Waals surface area contributed by atoms with Gasteiger partial charge in [0.2, 0.25) is 5.91 Å². The van der Waals surface area contributed by atoms with Crippen molar-refractivity contribution >= 4 is 23.8 Å². The number of imide groups is 1. The summed E-state index contributed by atoms with van der Waals surface area (Å²) in [5.41, 5.74) is 1.55. The van der Waals surface area contributed by atoms with Crippen LogP contribution in [0.2, 0.25) is 0 Å². The number of benzene rings is 2. The van der Waals surface area contributed by atoms with Gasteiger partial charge >= 0.3 is 12.0 Å². The summed E-state index contributed by atoms with van der Waals surface area (Å²) in [5, 5.41) is 15.2. The number of hydrogen-bond acceptors (Lipinski definition) is 6. The Balaban J connectivity index is 2.15. The topological polar surface area (TPSA) is 125 Å². The number of nitrogens with zero attached hydrogens (tertiary/aromatic N) is 1. The number of hydroxylamine groups is 2. The Morgan fingerprint density at radius 2 is 1.39 bits per heavy atom. The van der Waals surface area contributed by atoms with Gasteiger partial charge in [-0.2, -0.15) is 0 Å². The van der Waals surface area contributed by atoms with E-state index < -0.39 is 35.9 Å². The van der Waals surface area contributed by atoms with Crippen molar-refractivity contribution < 1.29 is 29.1 Å². The zero-order valence-corrected chi connectivity index (χ0v) is 21.0. The first-order valence-corrected chi connectivity index (χ1v) is 12.0. The van der Waals surface area contributed by atoms with Crippen LogP contribution < -0.4 is 10.6 Å². The molecule has 0 unspecified atom stereocenters. The highest BCUT2D eigenvalue weighted by atomic mass is 16.5. The number of esters is 1. The Morgan fingerprint density at radius 3 is 1.89 bits per heavy atom. The zero-order chi connectivity index (χ0) is 26.5. The lowest BCUT2D eigenvalue weighted by atomic mass is 10.0. The van der Waals surface area contributed by atoms with E-state index >= 15 is 0 Å². The van der Waals surface area contributed by atoms with E-state index in [1.54, 1.807) is 24.3 Å². The first kappa shape index (κ1) is 28.5. The van der Waals surface area contributed by atoms with Crippen LogP contribution in [0.25, 0.3) is 0 Å². The average molecular weight is 498 g/mol. The summed E-state index contributed by atoms with van der Waals surface area (Å²) in [5.74, 6) is -1.67. The summed E-state index contributed by atoms with van der Waals surface area (Å²) in [7, 11) is 1.23. The van der Waals surface area contributed by atoms with Gasteiger partial charge in [0.05, 0.1) is 7.11 Å². The van der Waals surface area contributed by atoms with Crippen molar-refractivity contribution in [3.8, 4) is 0 Å². The third-order valence-electron chi connectivity index (χ3n) is 5.58. The quantitative estimate of drug-likeness (QED) is 0.235. The molecule has 194 valence electrons. The molecule has 2 aromatic rings. The van der Waals surface area contributed by atoms with Gasteiger partial charge in [-0.15, -0.1) is 5.06 Å². The zero-order valence-electron chi connectivity index (χ0n) is 21.0. The molecule has 0 aliphatic carbocycles. The molecule has 3 N–H and O–H groups in total. The number of nitrogens with one attached hydrogen (secondary N) is 2. The minimum absolute atomic E-state index is 0.000854. The third kappa shape index (κ3) is 9.50. The molecule has 0 bridgehead atoms. The number of urea groups is 1. The van der Waals surface area contributed by atoms with Gasteiger partial charge in [-0.1, -0.05) is 80.9 Å². The summed E-state index contributed by atoms with van der Waals surface area (Å²) in [6.07, 6.45) is 1.56.